The van der Waals surface area contributed by atoms with Crippen molar-refractivity contribution >= 4 is 11.6 Å². The average Bonchev–Trinajstić information content (AvgIpc) is 2.38. The molecule has 4 nitrogen and oxygen atoms in total. The molecule has 1 aliphatic rings. The third-order valence-corrected chi connectivity index (χ3v) is 4.17. The van der Waals surface area contributed by atoms with Gasteiger partial charge in [-0.3, -0.25) is 9.36 Å². The first kappa shape index (κ1) is 14.5. The van der Waals surface area contributed by atoms with Crippen LogP contribution in [0.2, 0.25) is 5.15 Å². The second-order valence-corrected chi connectivity index (χ2v) is 5.64. The first-order valence-corrected chi connectivity index (χ1v) is 7.46. The van der Waals surface area contributed by atoms with Crippen LogP contribution in [0.3, 0.4) is 0 Å². The van der Waals surface area contributed by atoms with Crippen LogP contribution in [-0.4, -0.2) is 34.1 Å². The predicted octanol–water partition coefficient (Wildman–Crippen LogP) is 2.33. The highest BCUT2D eigenvalue weighted by Crippen LogP contribution is 2.18. The molecule has 0 aromatic carbocycles. The van der Waals surface area contributed by atoms with Crippen LogP contribution in [0.1, 0.15) is 38.4 Å². The predicted molar refractivity (Wildman–Crippen MR) is 77.8 cm³/mol. The zero-order chi connectivity index (χ0) is 13.8. The Labute approximate surface area is 119 Å². The van der Waals surface area contributed by atoms with Crippen molar-refractivity contribution in [2.45, 2.75) is 51.6 Å². The average molecular weight is 284 g/mol. The van der Waals surface area contributed by atoms with Gasteiger partial charge < -0.3 is 4.90 Å². The monoisotopic (exact) mass is 283 g/mol. The highest BCUT2D eigenvalue weighted by molar-refractivity contribution is 6.29. The molecule has 1 saturated heterocycles. The summed E-state index contributed by atoms with van der Waals surface area (Å²) in [7, 11) is 2.17. The third kappa shape index (κ3) is 3.57. The Morgan fingerprint density at radius 1 is 1.47 bits per heavy atom. The van der Waals surface area contributed by atoms with Crippen molar-refractivity contribution in [1.82, 2.24) is 14.5 Å². The summed E-state index contributed by atoms with van der Waals surface area (Å²) >= 11 is 5.84. The van der Waals surface area contributed by atoms with E-state index >= 15 is 0 Å². The number of aromatic nitrogens is 2. The Bertz CT molecular complexity index is 486. The molecule has 0 radical (unpaired) electrons. The van der Waals surface area contributed by atoms with Gasteiger partial charge >= 0.3 is 0 Å². The molecule has 0 amide bonds. The fourth-order valence-corrected chi connectivity index (χ4v) is 3.01. The second kappa shape index (κ2) is 6.53. The zero-order valence-corrected chi connectivity index (χ0v) is 12.5. The van der Waals surface area contributed by atoms with Crippen molar-refractivity contribution in [2.75, 3.05) is 13.6 Å². The van der Waals surface area contributed by atoms with Crippen molar-refractivity contribution in [3.8, 4) is 0 Å². The van der Waals surface area contributed by atoms with E-state index in [4.69, 9.17) is 11.6 Å². The van der Waals surface area contributed by atoms with Crippen LogP contribution in [0.15, 0.2) is 10.9 Å². The van der Waals surface area contributed by atoms with E-state index < -0.39 is 0 Å². The molecule has 5 heteroatoms. The number of hydrogen-bond acceptors (Lipinski definition) is 3. The molecule has 0 N–H and O–H groups in total. The Kier molecular flexibility index (Phi) is 4.99. The quantitative estimate of drug-likeness (QED) is 0.796. The molecule has 2 heterocycles. The second-order valence-electron chi connectivity index (χ2n) is 5.26. The van der Waals surface area contributed by atoms with Crippen molar-refractivity contribution in [1.29, 1.82) is 0 Å². The lowest BCUT2D eigenvalue weighted by Gasteiger charge is -2.32. The molecule has 0 spiro atoms. The highest BCUT2D eigenvalue weighted by Gasteiger charge is 2.19. The number of halogens is 1. The van der Waals surface area contributed by atoms with Gasteiger partial charge in [-0.2, -0.15) is 0 Å². The molecule has 1 aromatic rings. The molecule has 106 valence electrons. The van der Waals surface area contributed by atoms with Crippen molar-refractivity contribution in [3.63, 3.8) is 0 Å². The lowest BCUT2D eigenvalue weighted by Crippen LogP contribution is -2.38. The molecular weight excluding hydrogens is 262 g/mol. The first-order chi connectivity index (χ1) is 9.11. The van der Waals surface area contributed by atoms with Gasteiger partial charge in [0.25, 0.3) is 5.56 Å². The summed E-state index contributed by atoms with van der Waals surface area (Å²) < 4.78 is 1.77. The zero-order valence-electron chi connectivity index (χ0n) is 11.7. The van der Waals surface area contributed by atoms with E-state index in [0.717, 1.165) is 25.2 Å². The van der Waals surface area contributed by atoms with E-state index in [1.165, 1.54) is 31.9 Å². The summed E-state index contributed by atoms with van der Waals surface area (Å²) in [4.78, 5) is 18.7. The Balaban J connectivity index is 2.08. The van der Waals surface area contributed by atoms with Crippen LogP contribution in [0.4, 0.5) is 0 Å². The van der Waals surface area contributed by atoms with E-state index in [0.29, 0.717) is 11.2 Å². The number of rotatable bonds is 4. The maximum absolute atomic E-state index is 12.0. The number of aryl methyl sites for hydroxylation is 1. The van der Waals surface area contributed by atoms with Gasteiger partial charge in [0.1, 0.15) is 11.0 Å². The minimum atomic E-state index is -0.0321. The molecule has 1 unspecified atom stereocenters. The summed E-state index contributed by atoms with van der Waals surface area (Å²) in [6, 6.07) is 1.99. The van der Waals surface area contributed by atoms with Crippen LogP contribution >= 0.6 is 11.6 Å². The lowest BCUT2D eigenvalue weighted by atomic mass is 10.00. The number of likely N-dealkylation sites (tertiary alicyclic amines) is 1. The van der Waals surface area contributed by atoms with Crippen LogP contribution in [-0.2, 0) is 13.0 Å². The van der Waals surface area contributed by atoms with Gasteiger partial charge in [0.15, 0.2) is 0 Å². The maximum atomic E-state index is 12.0. The minimum Gasteiger partial charge on any atom is -0.303 e. The van der Waals surface area contributed by atoms with E-state index in [1.807, 2.05) is 6.92 Å². The summed E-state index contributed by atoms with van der Waals surface area (Å²) in [6.45, 7) is 3.90. The van der Waals surface area contributed by atoms with Crippen molar-refractivity contribution in [3.05, 3.63) is 27.4 Å². The van der Waals surface area contributed by atoms with E-state index in [2.05, 4.69) is 16.9 Å². The van der Waals surface area contributed by atoms with Crippen LogP contribution < -0.4 is 5.56 Å². The van der Waals surface area contributed by atoms with Crippen molar-refractivity contribution in [2.24, 2.45) is 0 Å². The highest BCUT2D eigenvalue weighted by atomic mass is 35.5. The lowest BCUT2D eigenvalue weighted by molar-refractivity contribution is 0.170. The summed E-state index contributed by atoms with van der Waals surface area (Å²) in [6.07, 6.45) is 5.55. The minimum absolute atomic E-state index is 0.0321. The molecule has 0 saturated carbocycles. The van der Waals surface area contributed by atoms with Crippen LogP contribution in [0.25, 0.3) is 0 Å². The number of nitrogens with zero attached hydrogens (tertiary/aromatic N) is 3. The molecule has 1 atom stereocenters. The van der Waals surface area contributed by atoms with Gasteiger partial charge in [0.2, 0.25) is 0 Å². The summed E-state index contributed by atoms with van der Waals surface area (Å²) in [5.74, 6) is 0.788. The van der Waals surface area contributed by atoms with Gasteiger partial charge in [0, 0.05) is 25.1 Å². The van der Waals surface area contributed by atoms with Gasteiger partial charge in [-0.25, -0.2) is 4.98 Å². The third-order valence-electron chi connectivity index (χ3n) is 3.98. The molecule has 0 bridgehead atoms. The van der Waals surface area contributed by atoms with Crippen LogP contribution in [0, 0.1) is 0 Å². The SMILES string of the molecule is CCc1nc(Cl)cc(=O)n1CCC1CCCCN1C. The Morgan fingerprint density at radius 2 is 2.26 bits per heavy atom. The van der Waals surface area contributed by atoms with Gasteiger partial charge in [-0.15, -0.1) is 0 Å². The smallest absolute Gasteiger partial charge is 0.254 e. The van der Waals surface area contributed by atoms with Gasteiger partial charge in [0.05, 0.1) is 0 Å². The Hall–Kier alpha value is -0.870. The van der Waals surface area contributed by atoms with Crippen molar-refractivity contribution < 1.29 is 0 Å². The number of piperidine rings is 1. The Morgan fingerprint density at radius 3 is 2.95 bits per heavy atom. The topological polar surface area (TPSA) is 38.1 Å². The summed E-state index contributed by atoms with van der Waals surface area (Å²) in [5, 5.41) is 0.299. The van der Waals surface area contributed by atoms with E-state index in [-0.39, 0.29) is 5.56 Å². The fourth-order valence-electron chi connectivity index (χ4n) is 2.82. The maximum Gasteiger partial charge on any atom is 0.254 e. The molecule has 1 aromatic heterocycles. The largest absolute Gasteiger partial charge is 0.303 e. The molecular formula is C14H22ClN3O. The van der Waals surface area contributed by atoms with E-state index in [1.54, 1.807) is 4.57 Å². The summed E-state index contributed by atoms with van der Waals surface area (Å²) in [5.41, 5.74) is -0.0321. The molecule has 0 aliphatic carbocycles. The van der Waals surface area contributed by atoms with Gasteiger partial charge in [-0.1, -0.05) is 24.9 Å². The molecule has 1 aliphatic heterocycles. The molecule has 1 fully saturated rings. The normalized spacial score (nSPS) is 20.7. The standard InChI is InChI=1S/C14H22ClN3O/c1-3-13-16-12(15)10-14(19)18(13)9-7-11-6-4-5-8-17(11)2/h10-11H,3-9H2,1-2H3. The number of hydrogen-bond donors (Lipinski definition) is 0. The fraction of sp³-hybridized carbons (Fsp3) is 0.714. The van der Waals surface area contributed by atoms with Gasteiger partial charge in [-0.05, 0) is 32.9 Å². The molecule has 19 heavy (non-hydrogen) atoms. The first-order valence-electron chi connectivity index (χ1n) is 7.08. The van der Waals surface area contributed by atoms with Crippen LogP contribution in [0.5, 0.6) is 0 Å². The molecule has 2 rings (SSSR count). The van der Waals surface area contributed by atoms with E-state index in [9.17, 15) is 4.79 Å².